The molecule has 0 radical (unpaired) electrons. The molecule has 1 saturated heterocycles. The van der Waals surface area contributed by atoms with Gasteiger partial charge in [-0.1, -0.05) is 6.92 Å². The number of hydrogen-bond donors (Lipinski definition) is 2. The molecule has 1 aliphatic heterocycles. The van der Waals surface area contributed by atoms with Gasteiger partial charge in [0.25, 0.3) is 0 Å². The number of carbonyl (C=O) groups excluding carboxylic acids is 2. The van der Waals surface area contributed by atoms with Crippen LogP contribution in [0.3, 0.4) is 0 Å². The summed E-state index contributed by atoms with van der Waals surface area (Å²) in [4.78, 5) is 34.5. The number of amides is 3. The zero-order valence-corrected chi connectivity index (χ0v) is 15.3. The lowest BCUT2D eigenvalue weighted by Gasteiger charge is -2.28. The third kappa shape index (κ3) is 5.58. The average molecular weight is 349 g/mol. The summed E-state index contributed by atoms with van der Waals surface area (Å²) in [6.07, 6.45) is 3.71. The zero-order valence-electron chi connectivity index (χ0n) is 15.3. The molecular weight excluding hydrogens is 322 g/mol. The minimum atomic E-state index is -0.550. The number of likely N-dealkylation sites (tertiary alicyclic amines) is 1. The van der Waals surface area contributed by atoms with E-state index in [1.807, 2.05) is 27.7 Å². The van der Waals surface area contributed by atoms with Gasteiger partial charge in [0.15, 0.2) is 5.82 Å². The van der Waals surface area contributed by atoms with Crippen LogP contribution in [0, 0.1) is 0 Å². The Morgan fingerprint density at radius 2 is 2.16 bits per heavy atom. The molecule has 0 aromatic carbocycles. The minimum absolute atomic E-state index is 0.240. The lowest BCUT2D eigenvalue weighted by Crippen LogP contribution is -2.37. The predicted octanol–water partition coefficient (Wildman–Crippen LogP) is 3.08. The lowest BCUT2D eigenvalue weighted by atomic mass is 10.2. The molecule has 1 aromatic rings. The number of ether oxygens (including phenoxy) is 1. The van der Waals surface area contributed by atoms with Crippen LogP contribution in [-0.4, -0.2) is 45.7 Å². The van der Waals surface area contributed by atoms with Gasteiger partial charge in [0.1, 0.15) is 11.4 Å². The van der Waals surface area contributed by atoms with Crippen LogP contribution in [0.1, 0.15) is 58.8 Å². The first-order valence-electron chi connectivity index (χ1n) is 8.67. The van der Waals surface area contributed by atoms with Crippen molar-refractivity contribution in [1.29, 1.82) is 0 Å². The molecule has 138 valence electrons. The van der Waals surface area contributed by atoms with Crippen molar-refractivity contribution in [1.82, 2.24) is 20.2 Å². The number of nitrogens with one attached hydrogen (secondary N) is 2. The van der Waals surface area contributed by atoms with Gasteiger partial charge in [-0.3, -0.25) is 10.2 Å². The highest BCUT2D eigenvalue weighted by molar-refractivity contribution is 5.88. The number of nitrogens with zero attached hydrogens (tertiary/aromatic N) is 3. The van der Waals surface area contributed by atoms with Crippen molar-refractivity contribution in [3.63, 3.8) is 0 Å². The molecule has 2 heterocycles. The van der Waals surface area contributed by atoms with Crippen molar-refractivity contribution in [2.75, 3.05) is 18.4 Å². The van der Waals surface area contributed by atoms with Crippen LogP contribution in [0.5, 0.6) is 0 Å². The maximum atomic E-state index is 12.4. The Morgan fingerprint density at radius 1 is 1.40 bits per heavy atom. The Morgan fingerprint density at radius 3 is 2.84 bits per heavy atom. The minimum Gasteiger partial charge on any atom is -0.444 e. The third-order valence-corrected chi connectivity index (χ3v) is 3.63. The fraction of sp³-hybridized carbons (Fsp3) is 0.647. The van der Waals surface area contributed by atoms with E-state index in [2.05, 4.69) is 20.6 Å². The fourth-order valence-electron chi connectivity index (χ4n) is 2.58. The van der Waals surface area contributed by atoms with E-state index in [-0.39, 0.29) is 18.2 Å². The van der Waals surface area contributed by atoms with Gasteiger partial charge < -0.3 is 10.1 Å². The molecule has 2 rings (SSSR count). The van der Waals surface area contributed by atoms with Gasteiger partial charge in [0.05, 0.1) is 6.04 Å². The van der Waals surface area contributed by atoms with Crippen molar-refractivity contribution in [2.24, 2.45) is 0 Å². The summed E-state index contributed by atoms with van der Waals surface area (Å²) in [6.45, 7) is 8.70. The number of hydrogen-bond acceptors (Lipinski definition) is 5. The maximum Gasteiger partial charge on any atom is 0.410 e. The van der Waals surface area contributed by atoms with E-state index in [0.717, 1.165) is 19.3 Å². The van der Waals surface area contributed by atoms with Crippen LogP contribution in [0.2, 0.25) is 0 Å². The van der Waals surface area contributed by atoms with Gasteiger partial charge in [-0.15, -0.1) is 0 Å². The van der Waals surface area contributed by atoms with E-state index in [1.54, 1.807) is 17.2 Å². The Labute approximate surface area is 148 Å². The van der Waals surface area contributed by atoms with E-state index in [4.69, 9.17) is 4.74 Å². The monoisotopic (exact) mass is 349 g/mol. The fourth-order valence-corrected chi connectivity index (χ4v) is 2.58. The number of anilines is 1. The second-order valence-electron chi connectivity index (χ2n) is 7.01. The van der Waals surface area contributed by atoms with Gasteiger partial charge >= 0.3 is 12.1 Å². The highest BCUT2D eigenvalue weighted by Gasteiger charge is 2.34. The van der Waals surface area contributed by atoms with Crippen molar-refractivity contribution < 1.29 is 14.3 Å². The van der Waals surface area contributed by atoms with E-state index < -0.39 is 5.60 Å². The number of carbonyl (C=O) groups is 2. The number of aromatic nitrogens is 2. The summed E-state index contributed by atoms with van der Waals surface area (Å²) in [7, 11) is 0. The van der Waals surface area contributed by atoms with Crippen LogP contribution in [0.15, 0.2) is 12.3 Å². The quantitative estimate of drug-likeness (QED) is 0.871. The first-order chi connectivity index (χ1) is 11.8. The molecule has 1 atom stereocenters. The van der Waals surface area contributed by atoms with Crippen molar-refractivity contribution in [3.05, 3.63) is 18.1 Å². The molecule has 25 heavy (non-hydrogen) atoms. The van der Waals surface area contributed by atoms with E-state index in [0.29, 0.717) is 24.7 Å². The Kier molecular flexibility index (Phi) is 6.17. The Hall–Kier alpha value is -2.38. The zero-order chi connectivity index (χ0) is 18.4. The summed E-state index contributed by atoms with van der Waals surface area (Å²) < 4.78 is 5.46. The van der Waals surface area contributed by atoms with Gasteiger partial charge in [-0.05, 0) is 46.1 Å². The highest BCUT2D eigenvalue weighted by atomic mass is 16.6. The molecular formula is C17H27N5O3. The molecule has 0 spiro atoms. The van der Waals surface area contributed by atoms with E-state index in [9.17, 15) is 9.59 Å². The summed E-state index contributed by atoms with van der Waals surface area (Å²) >= 11 is 0. The summed E-state index contributed by atoms with van der Waals surface area (Å²) in [6, 6.07) is 1.08. The summed E-state index contributed by atoms with van der Waals surface area (Å²) in [5, 5.41) is 5.41. The molecule has 2 N–H and O–H groups in total. The molecule has 3 amide bonds. The molecule has 1 aliphatic rings. The van der Waals surface area contributed by atoms with E-state index >= 15 is 0 Å². The van der Waals surface area contributed by atoms with Gasteiger partial charge in [-0.2, -0.15) is 0 Å². The Balaban J connectivity index is 2.08. The molecule has 1 aromatic heterocycles. The molecule has 0 aliphatic carbocycles. The number of rotatable bonds is 4. The Bertz CT molecular complexity index is 615. The van der Waals surface area contributed by atoms with Crippen molar-refractivity contribution in [2.45, 2.75) is 58.6 Å². The molecule has 0 saturated carbocycles. The van der Waals surface area contributed by atoms with Crippen LogP contribution in [-0.2, 0) is 4.74 Å². The molecule has 8 heteroatoms. The second kappa shape index (κ2) is 8.13. The van der Waals surface area contributed by atoms with E-state index in [1.165, 1.54) is 0 Å². The van der Waals surface area contributed by atoms with Gasteiger partial charge in [-0.25, -0.2) is 19.6 Å². The molecule has 0 bridgehead atoms. The van der Waals surface area contributed by atoms with Crippen molar-refractivity contribution >= 4 is 17.9 Å². The van der Waals surface area contributed by atoms with Gasteiger partial charge in [0.2, 0.25) is 0 Å². The van der Waals surface area contributed by atoms with Crippen LogP contribution < -0.4 is 10.6 Å². The smallest absolute Gasteiger partial charge is 0.410 e. The first-order valence-corrected chi connectivity index (χ1v) is 8.67. The predicted molar refractivity (Wildman–Crippen MR) is 94.3 cm³/mol. The lowest BCUT2D eigenvalue weighted by molar-refractivity contribution is 0.0218. The van der Waals surface area contributed by atoms with Crippen molar-refractivity contribution in [3.8, 4) is 0 Å². The maximum absolute atomic E-state index is 12.4. The van der Waals surface area contributed by atoms with Gasteiger partial charge in [0, 0.05) is 19.3 Å². The molecule has 1 unspecified atom stereocenters. The summed E-state index contributed by atoms with van der Waals surface area (Å²) in [5.41, 5.74) is -0.550. The highest BCUT2D eigenvalue weighted by Crippen LogP contribution is 2.31. The second-order valence-corrected chi connectivity index (χ2v) is 7.01. The standard InChI is InChI=1S/C17H27N5O3/c1-5-9-19-15(23)21-13-8-10-18-14(20-13)12-7-6-11-22(12)16(24)25-17(2,3)4/h8,10,12H,5-7,9,11H2,1-4H3,(H2,18,19,20,21,23). The largest absolute Gasteiger partial charge is 0.444 e. The topological polar surface area (TPSA) is 96.5 Å². The average Bonchev–Trinajstić information content (AvgIpc) is 3.01. The number of urea groups is 1. The van der Waals surface area contributed by atoms with Crippen LogP contribution in [0.25, 0.3) is 0 Å². The molecule has 1 fully saturated rings. The molecule has 8 nitrogen and oxygen atoms in total. The van der Waals surface area contributed by atoms with Crippen LogP contribution >= 0.6 is 0 Å². The normalized spacial score (nSPS) is 17.3. The third-order valence-electron chi connectivity index (χ3n) is 3.63. The van der Waals surface area contributed by atoms with Crippen LogP contribution in [0.4, 0.5) is 15.4 Å². The first kappa shape index (κ1) is 19.0. The SMILES string of the molecule is CCCNC(=O)Nc1ccnc(C2CCCN2C(=O)OC(C)(C)C)n1. The summed E-state index contributed by atoms with van der Waals surface area (Å²) in [5.74, 6) is 0.922.